The molecule has 3 unspecified atom stereocenters. The van der Waals surface area contributed by atoms with Gasteiger partial charge in [0.25, 0.3) is 0 Å². The molecule has 3 atom stereocenters. The van der Waals surface area contributed by atoms with Crippen LogP contribution >= 0.6 is 11.6 Å². The molecule has 8 heteroatoms. The van der Waals surface area contributed by atoms with Gasteiger partial charge in [-0.05, 0) is 37.1 Å². The summed E-state index contributed by atoms with van der Waals surface area (Å²) in [5, 5.41) is 12.9. The first-order valence-electron chi connectivity index (χ1n) is 9.04. The number of hydrogen-bond donors (Lipinski definition) is 2. The lowest BCUT2D eigenvalue weighted by Crippen LogP contribution is -2.44. The van der Waals surface area contributed by atoms with Crippen molar-refractivity contribution in [3.63, 3.8) is 0 Å². The summed E-state index contributed by atoms with van der Waals surface area (Å²) in [6.07, 6.45) is -0.0381. The van der Waals surface area contributed by atoms with E-state index in [4.69, 9.17) is 16.3 Å². The molecule has 2 aromatic carbocycles. The van der Waals surface area contributed by atoms with Crippen LogP contribution in [0.15, 0.2) is 48.5 Å². The number of methoxy groups -OCH3 is 1. The molecule has 7 nitrogen and oxygen atoms in total. The van der Waals surface area contributed by atoms with Crippen LogP contribution in [0.25, 0.3) is 0 Å². The highest BCUT2D eigenvalue weighted by molar-refractivity contribution is 6.30. The third-order valence-electron chi connectivity index (χ3n) is 4.98. The number of carboxylic acids is 1. The van der Waals surface area contributed by atoms with Gasteiger partial charge in [-0.2, -0.15) is 0 Å². The molecule has 1 saturated heterocycles. The molecular weight excluding hydrogens is 396 g/mol. The summed E-state index contributed by atoms with van der Waals surface area (Å²) >= 11 is 5.97. The molecule has 2 amide bonds. The van der Waals surface area contributed by atoms with Crippen LogP contribution in [0.5, 0.6) is 0 Å². The number of aryl methyl sites for hydroxylation is 1. The number of amides is 2. The average Bonchev–Trinajstić information content (AvgIpc) is 3.08. The van der Waals surface area contributed by atoms with Gasteiger partial charge in [0.15, 0.2) is 0 Å². The number of anilines is 1. The highest BCUT2D eigenvalue weighted by Gasteiger charge is 2.51. The molecule has 2 N–H and O–H groups in total. The minimum atomic E-state index is -1.18. The Morgan fingerprint density at radius 3 is 2.52 bits per heavy atom. The van der Waals surface area contributed by atoms with Crippen molar-refractivity contribution in [2.24, 2.45) is 5.92 Å². The summed E-state index contributed by atoms with van der Waals surface area (Å²) in [7, 11) is 1.25. The number of aliphatic carboxylic acids is 1. The maximum atomic E-state index is 13.1. The molecule has 0 bridgehead atoms. The van der Waals surface area contributed by atoms with E-state index in [1.165, 1.54) is 12.0 Å². The van der Waals surface area contributed by atoms with Crippen molar-refractivity contribution in [3.8, 4) is 0 Å². The van der Waals surface area contributed by atoms with Crippen molar-refractivity contribution in [2.45, 2.75) is 25.4 Å². The smallest absolute Gasteiger partial charge is 0.326 e. The van der Waals surface area contributed by atoms with Gasteiger partial charge in [-0.3, -0.25) is 4.79 Å². The van der Waals surface area contributed by atoms with Gasteiger partial charge in [-0.1, -0.05) is 47.5 Å². The fourth-order valence-electron chi connectivity index (χ4n) is 3.74. The topological polar surface area (TPSA) is 95.9 Å². The maximum absolute atomic E-state index is 13.1. The second-order valence-electron chi connectivity index (χ2n) is 6.93. The Labute approximate surface area is 173 Å². The number of likely N-dealkylation sites (tertiary alicyclic amines) is 1. The van der Waals surface area contributed by atoms with Crippen LogP contribution in [0.1, 0.15) is 23.6 Å². The lowest BCUT2D eigenvalue weighted by Gasteiger charge is -2.30. The third-order valence-corrected chi connectivity index (χ3v) is 5.21. The number of carbonyl (C=O) groups is 3. The number of nitrogens with zero attached hydrogens (tertiary/aromatic N) is 1. The van der Waals surface area contributed by atoms with E-state index in [1.54, 1.807) is 36.4 Å². The predicted molar refractivity (Wildman–Crippen MR) is 108 cm³/mol. The molecule has 1 fully saturated rings. The van der Waals surface area contributed by atoms with Crippen LogP contribution in [0.2, 0.25) is 5.02 Å². The Balaban J connectivity index is 2.03. The van der Waals surface area contributed by atoms with E-state index in [-0.39, 0.29) is 6.42 Å². The molecule has 1 heterocycles. The van der Waals surface area contributed by atoms with E-state index in [9.17, 15) is 19.5 Å². The molecule has 0 spiro atoms. The van der Waals surface area contributed by atoms with Crippen molar-refractivity contribution in [2.75, 3.05) is 12.4 Å². The van der Waals surface area contributed by atoms with Crippen molar-refractivity contribution in [1.82, 2.24) is 4.90 Å². The normalized spacial score (nSPS) is 20.9. The van der Waals surface area contributed by atoms with Crippen LogP contribution in [0.4, 0.5) is 10.5 Å². The number of carbonyl (C=O) groups excluding carboxylic acids is 2. The first kappa shape index (κ1) is 20.7. The number of ether oxygens (including phenoxy) is 1. The monoisotopic (exact) mass is 416 g/mol. The molecule has 1 aliphatic heterocycles. The number of hydrogen-bond acceptors (Lipinski definition) is 4. The zero-order valence-electron chi connectivity index (χ0n) is 16.0. The second-order valence-corrected chi connectivity index (χ2v) is 7.36. The number of urea groups is 1. The number of carboxylic acid groups (broad SMARTS) is 1. The summed E-state index contributed by atoms with van der Waals surface area (Å²) < 4.78 is 4.90. The summed E-state index contributed by atoms with van der Waals surface area (Å²) in [6, 6.07) is 11.3. The number of halogens is 1. The van der Waals surface area contributed by atoms with Crippen molar-refractivity contribution >= 4 is 35.3 Å². The van der Waals surface area contributed by atoms with Gasteiger partial charge < -0.3 is 20.1 Å². The van der Waals surface area contributed by atoms with Crippen LogP contribution in [0, 0.1) is 12.8 Å². The van der Waals surface area contributed by atoms with E-state index < -0.39 is 36.0 Å². The number of nitrogens with one attached hydrogen (secondary N) is 1. The zero-order chi connectivity index (χ0) is 21.1. The Hall–Kier alpha value is -3.06. The third kappa shape index (κ3) is 4.35. The minimum Gasteiger partial charge on any atom is -0.480 e. The van der Waals surface area contributed by atoms with E-state index in [2.05, 4.69) is 5.32 Å². The Kier molecular flexibility index (Phi) is 6.08. The molecule has 2 aromatic rings. The second kappa shape index (κ2) is 8.53. The summed E-state index contributed by atoms with van der Waals surface area (Å²) in [5.41, 5.74) is 2.03. The molecular formula is C21H21ClN2O5. The number of esters is 1. The fourth-order valence-corrected chi connectivity index (χ4v) is 3.93. The van der Waals surface area contributed by atoms with Crippen molar-refractivity contribution < 1.29 is 24.2 Å². The molecule has 0 aliphatic carbocycles. The lowest BCUT2D eigenvalue weighted by molar-refractivity contribution is -0.146. The van der Waals surface area contributed by atoms with Gasteiger partial charge in [0.2, 0.25) is 0 Å². The fraction of sp³-hybridized carbons (Fsp3) is 0.286. The zero-order valence-corrected chi connectivity index (χ0v) is 16.7. The highest BCUT2D eigenvalue weighted by Crippen LogP contribution is 2.42. The number of benzene rings is 2. The lowest BCUT2D eigenvalue weighted by atomic mass is 9.92. The largest absolute Gasteiger partial charge is 0.480 e. The van der Waals surface area contributed by atoms with Gasteiger partial charge >= 0.3 is 18.0 Å². The SMILES string of the molecule is COC(=O)C1CC(C(=O)O)N(C(=O)Nc2cccc(Cl)c2)C1c1cccc(C)c1. The Bertz CT molecular complexity index is 948. The average molecular weight is 417 g/mol. The van der Waals surface area contributed by atoms with Gasteiger partial charge in [0.05, 0.1) is 19.1 Å². The van der Waals surface area contributed by atoms with Gasteiger partial charge in [0, 0.05) is 10.7 Å². The van der Waals surface area contributed by atoms with E-state index in [0.717, 1.165) is 5.56 Å². The van der Waals surface area contributed by atoms with E-state index in [0.29, 0.717) is 16.3 Å². The maximum Gasteiger partial charge on any atom is 0.326 e. The van der Waals surface area contributed by atoms with Gasteiger partial charge in [-0.25, -0.2) is 9.59 Å². The quantitative estimate of drug-likeness (QED) is 0.737. The molecule has 0 radical (unpaired) electrons. The van der Waals surface area contributed by atoms with E-state index >= 15 is 0 Å². The molecule has 152 valence electrons. The Morgan fingerprint density at radius 1 is 1.17 bits per heavy atom. The highest BCUT2D eigenvalue weighted by atomic mass is 35.5. The van der Waals surface area contributed by atoms with Crippen molar-refractivity contribution in [3.05, 3.63) is 64.7 Å². The standard InChI is InChI=1S/C21H21ClN2O5/c1-12-5-3-6-13(9-12)18-16(20(27)29-2)11-17(19(25)26)24(18)21(28)23-15-8-4-7-14(22)10-15/h3-10,16-18H,11H2,1-2H3,(H,23,28)(H,25,26). The van der Waals surface area contributed by atoms with Gasteiger partial charge in [-0.15, -0.1) is 0 Å². The first-order chi connectivity index (χ1) is 13.8. The number of rotatable bonds is 4. The van der Waals surface area contributed by atoms with E-state index in [1.807, 2.05) is 19.1 Å². The molecule has 3 rings (SSSR count). The minimum absolute atomic E-state index is 0.0381. The predicted octanol–water partition coefficient (Wildman–Crippen LogP) is 3.87. The summed E-state index contributed by atoms with van der Waals surface area (Å²) in [5.74, 6) is -2.54. The summed E-state index contributed by atoms with van der Waals surface area (Å²) in [4.78, 5) is 38.7. The van der Waals surface area contributed by atoms with Crippen LogP contribution in [-0.2, 0) is 14.3 Å². The summed E-state index contributed by atoms with van der Waals surface area (Å²) in [6.45, 7) is 1.89. The molecule has 1 aliphatic rings. The van der Waals surface area contributed by atoms with Gasteiger partial charge in [0.1, 0.15) is 6.04 Å². The molecule has 0 aromatic heterocycles. The Morgan fingerprint density at radius 2 is 1.90 bits per heavy atom. The van der Waals surface area contributed by atoms with Crippen LogP contribution < -0.4 is 5.32 Å². The van der Waals surface area contributed by atoms with Crippen molar-refractivity contribution in [1.29, 1.82) is 0 Å². The first-order valence-corrected chi connectivity index (χ1v) is 9.41. The molecule has 29 heavy (non-hydrogen) atoms. The van der Waals surface area contributed by atoms with Crippen LogP contribution in [0.3, 0.4) is 0 Å². The molecule has 0 saturated carbocycles. The van der Waals surface area contributed by atoms with Crippen LogP contribution in [-0.4, -0.2) is 41.1 Å².